The van der Waals surface area contributed by atoms with E-state index in [1.54, 1.807) is 56.3 Å². The molecule has 0 radical (unpaired) electrons. The zero-order chi connectivity index (χ0) is 23.3. The van der Waals surface area contributed by atoms with E-state index < -0.39 is 36.0 Å². The fourth-order valence-electron chi connectivity index (χ4n) is 4.42. The van der Waals surface area contributed by atoms with Gasteiger partial charge in [0.2, 0.25) is 18.6 Å². The Morgan fingerprint density at radius 1 is 1.12 bits per heavy atom. The normalized spacial score (nSPS) is 23.7. The van der Waals surface area contributed by atoms with E-state index in [2.05, 4.69) is 10.6 Å². The van der Waals surface area contributed by atoms with Crippen molar-refractivity contribution in [3.05, 3.63) is 48.0 Å². The molecule has 1 saturated heterocycles. The van der Waals surface area contributed by atoms with Gasteiger partial charge in [0.25, 0.3) is 5.91 Å². The van der Waals surface area contributed by atoms with Gasteiger partial charge >= 0.3 is 6.03 Å². The maximum atomic E-state index is 13.4. The maximum absolute atomic E-state index is 13.4. The topological polar surface area (TPSA) is 117 Å². The number of ether oxygens (including phenoxy) is 2. The molecule has 33 heavy (non-hydrogen) atoms. The molecule has 170 valence electrons. The van der Waals surface area contributed by atoms with Gasteiger partial charge in [-0.05, 0) is 43.7 Å². The van der Waals surface area contributed by atoms with Crippen LogP contribution in [-0.4, -0.2) is 48.0 Å². The number of hydrogen-bond donors (Lipinski definition) is 2. The number of amides is 5. The van der Waals surface area contributed by atoms with E-state index in [-0.39, 0.29) is 19.1 Å². The van der Waals surface area contributed by atoms with Crippen LogP contribution in [0.15, 0.2) is 42.5 Å². The molecule has 0 aliphatic carbocycles. The summed E-state index contributed by atoms with van der Waals surface area (Å²) in [5.41, 5.74) is 0.176. The number of rotatable bonds is 3. The number of nitrogens with one attached hydrogen (secondary N) is 2. The van der Waals surface area contributed by atoms with Crippen molar-refractivity contribution in [3.8, 4) is 11.5 Å². The highest BCUT2D eigenvalue weighted by Crippen LogP contribution is 2.38. The van der Waals surface area contributed by atoms with E-state index in [1.807, 2.05) is 0 Å². The van der Waals surface area contributed by atoms with Gasteiger partial charge in [-0.15, -0.1) is 0 Å². The van der Waals surface area contributed by atoms with Gasteiger partial charge < -0.3 is 25.0 Å². The summed E-state index contributed by atoms with van der Waals surface area (Å²) >= 11 is 0. The van der Waals surface area contributed by atoms with Crippen molar-refractivity contribution < 1.29 is 28.7 Å². The van der Waals surface area contributed by atoms with Gasteiger partial charge in [0.15, 0.2) is 11.5 Å². The maximum Gasteiger partial charge on any atom is 0.325 e. The molecule has 2 aromatic carbocycles. The molecule has 10 nitrogen and oxygen atoms in total. The minimum atomic E-state index is -1.36. The molecule has 0 unspecified atom stereocenters. The van der Waals surface area contributed by atoms with Gasteiger partial charge in [-0.25, -0.2) is 4.79 Å². The average molecular weight is 450 g/mol. The Morgan fingerprint density at radius 2 is 1.88 bits per heavy atom. The third kappa shape index (κ3) is 3.34. The van der Waals surface area contributed by atoms with Gasteiger partial charge in [-0.2, -0.15) is 0 Å². The first-order chi connectivity index (χ1) is 15.8. The summed E-state index contributed by atoms with van der Waals surface area (Å²) < 4.78 is 10.7. The molecule has 3 aliphatic rings. The largest absolute Gasteiger partial charge is 0.454 e. The minimum absolute atomic E-state index is 0.0866. The van der Waals surface area contributed by atoms with Crippen molar-refractivity contribution in [2.45, 2.75) is 31.8 Å². The van der Waals surface area contributed by atoms with Crippen LogP contribution in [-0.2, 0) is 19.9 Å². The Morgan fingerprint density at radius 3 is 2.70 bits per heavy atom. The van der Waals surface area contributed by atoms with Crippen LogP contribution in [0.25, 0.3) is 0 Å². The molecule has 5 rings (SSSR count). The van der Waals surface area contributed by atoms with Crippen molar-refractivity contribution in [1.82, 2.24) is 10.2 Å². The van der Waals surface area contributed by atoms with Crippen LogP contribution in [0.4, 0.5) is 16.2 Å². The Hall–Kier alpha value is -4.08. The highest BCUT2D eigenvalue weighted by atomic mass is 16.7. The number of fused-ring (bicyclic) bond motifs is 2. The van der Waals surface area contributed by atoms with E-state index in [4.69, 9.17) is 9.47 Å². The lowest BCUT2D eigenvalue weighted by Crippen LogP contribution is -2.47. The third-order valence-electron chi connectivity index (χ3n) is 6.15. The monoisotopic (exact) mass is 450 g/mol. The summed E-state index contributed by atoms with van der Waals surface area (Å²) in [5, 5.41) is 5.49. The lowest BCUT2D eigenvalue weighted by atomic mass is 9.91. The molecule has 5 amide bonds. The summed E-state index contributed by atoms with van der Waals surface area (Å²) in [7, 11) is 0. The number of carbonyl (C=O) groups excluding carboxylic acids is 4. The Balaban J connectivity index is 1.41. The summed E-state index contributed by atoms with van der Waals surface area (Å²) in [6, 6.07) is 10.8. The van der Waals surface area contributed by atoms with E-state index in [1.165, 1.54) is 4.90 Å². The lowest BCUT2D eigenvalue weighted by molar-refractivity contribution is -0.134. The quantitative estimate of drug-likeness (QED) is 0.691. The van der Waals surface area contributed by atoms with Gasteiger partial charge in [0.05, 0.1) is 11.4 Å². The van der Waals surface area contributed by atoms with Crippen molar-refractivity contribution in [1.29, 1.82) is 0 Å². The number of anilines is 2. The Bertz CT molecular complexity index is 1200. The Kier molecular flexibility index (Phi) is 4.73. The van der Waals surface area contributed by atoms with Crippen LogP contribution in [0.1, 0.15) is 25.8 Å². The average Bonchev–Trinajstić information content (AvgIpc) is 3.29. The fourth-order valence-corrected chi connectivity index (χ4v) is 4.42. The predicted molar refractivity (Wildman–Crippen MR) is 117 cm³/mol. The molecule has 2 aromatic rings. The summed E-state index contributed by atoms with van der Waals surface area (Å²) in [4.78, 5) is 54.0. The second kappa shape index (κ2) is 7.51. The second-order valence-corrected chi connectivity index (χ2v) is 8.40. The zero-order valence-electron chi connectivity index (χ0n) is 18.1. The van der Waals surface area contributed by atoms with Gasteiger partial charge in [0, 0.05) is 12.5 Å². The van der Waals surface area contributed by atoms with E-state index in [0.717, 1.165) is 4.90 Å². The molecule has 2 N–H and O–H groups in total. The first kappa shape index (κ1) is 20.8. The van der Waals surface area contributed by atoms with Gasteiger partial charge in [-0.1, -0.05) is 18.2 Å². The first-order valence-electron chi connectivity index (χ1n) is 10.5. The molecule has 3 heterocycles. The van der Waals surface area contributed by atoms with Crippen molar-refractivity contribution in [3.63, 3.8) is 0 Å². The van der Waals surface area contributed by atoms with Crippen LogP contribution in [0.3, 0.4) is 0 Å². The molecule has 0 saturated carbocycles. The van der Waals surface area contributed by atoms with Crippen molar-refractivity contribution in [2.75, 3.05) is 23.6 Å². The van der Waals surface area contributed by atoms with Crippen LogP contribution in [0.5, 0.6) is 11.5 Å². The Labute approximate surface area is 189 Å². The minimum Gasteiger partial charge on any atom is -0.454 e. The fraction of sp³-hybridized carbons (Fsp3) is 0.304. The molecule has 3 aliphatic heterocycles. The zero-order valence-corrected chi connectivity index (χ0v) is 18.1. The lowest BCUT2D eigenvalue weighted by Gasteiger charge is -2.29. The molecule has 0 bridgehead atoms. The number of urea groups is 1. The number of para-hydroxylation sites is 2. The third-order valence-corrected chi connectivity index (χ3v) is 6.15. The smallest absolute Gasteiger partial charge is 0.325 e. The molecule has 1 fully saturated rings. The standard InChI is InChI=1S/C23H22N4O6/c1-13-9-19(28)24-15-5-3-4-6-16(15)27(13)20(29)11-26-21(30)23(2,25-22(26)31)14-7-8-17-18(10-14)33-12-32-17/h3-8,10,13H,9,11-12H2,1-2H3,(H,24,28)(H,25,31)/t13-,23+/m1/s1. The van der Waals surface area contributed by atoms with Crippen LogP contribution in [0.2, 0.25) is 0 Å². The van der Waals surface area contributed by atoms with E-state index >= 15 is 0 Å². The van der Waals surface area contributed by atoms with Crippen molar-refractivity contribution >= 4 is 35.1 Å². The molecule has 0 aromatic heterocycles. The summed E-state index contributed by atoms with van der Waals surface area (Å²) in [6.45, 7) is 2.96. The number of hydrogen-bond acceptors (Lipinski definition) is 6. The molecular formula is C23H22N4O6. The predicted octanol–water partition coefficient (Wildman–Crippen LogP) is 1.95. The molecule has 2 atom stereocenters. The van der Waals surface area contributed by atoms with Crippen LogP contribution >= 0.6 is 0 Å². The number of nitrogens with zero attached hydrogens (tertiary/aromatic N) is 2. The van der Waals surface area contributed by atoms with Crippen LogP contribution in [0, 0.1) is 0 Å². The van der Waals surface area contributed by atoms with Crippen LogP contribution < -0.4 is 25.0 Å². The number of carbonyl (C=O) groups is 4. The number of benzene rings is 2. The second-order valence-electron chi connectivity index (χ2n) is 8.40. The number of imide groups is 1. The van der Waals surface area contributed by atoms with Crippen molar-refractivity contribution in [2.24, 2.45) is 0 Å². The molecule has 10 heteroatoms. The van der Waals surface area contributed by atoms with E-state index in [9.17, 15) is 19.2 Å². The molecular weight excluding hydrogens is 428 g/mol. The highest BCUT2D eigenvalue weighted by molar-refractivity contribution is 6.12. The summed E-state index contributed by atoms with van der Waals surface area (Å²) in [6.07, 6.45) is 0.0927. The van der Waals surface area contributed by atoms with Gasteiger partial charge in [0.1, 0.15) is 12.1 Å². The molecule has 0 spiro atoms. The first-order valence-corrected chi connectivity index (χ1v) is 10.5. The summed E-state index contributed by atoms with van der Waals surface area (Å²) in [5.74, 6) is -0.189. The van der Waals surface area contributed by atoms with E-state index in [0.29, 0.717) is 28.4 Å². The highest BCUT2D eigenvalue weighted by Gasteiger charge is 2.50. The SMILES string of the molecule is C[C@@H]1CC(=O)Nc2ccccc2N1C(=O)CN1C(=O)N[C@@](C)(c2ccc3c(c2)OCO3)C1=O. The van der Waals surface area contributed by atoms with Gasteiger partial charge in [-0.3, -0.25) is 19.3 Å².